The molecule has 0 N–H and O–H groups in total. The van der Waals surface area contributed by atoms with Crippen LogP contribution in [0.2, 0.25) is 0 Å². The van der Waals surface area contributed by atoms with E-state index in [2.05, 4.69) is 0 Å². The molecular formula is C20H23N3O5S. The molecule has 3 rings (SSSR count). The molecule has 1 saturated heterocycles. The fourth-order valence-electron chi connectivity index (χ4n) is 3.11. The Bertz CT molecular complexity index is 900. The van der Waals surface area contributed by atoms with E-state index in [1.807, 2.05) is 29.6 Å². The van der Waals surface area contributed by atoms with Crippen LogP contribution in [0.1, 0.15) is 10.4 Å². The molecule has 0 atom stereocenters. The smallest absolute Gasteiger partial charge is 0.335 e. The van der Waals surface area contributed by atoms with Crippen molar-refractivity contribution in [3.8, 4) is 11.5 Å². The molecule has 0 radical (unpaired) electrons. The van der Waals surface area contributed by atoms with Crippen LogP contribution < -0.4 is 9.47 Å². The molecule has 1 aromatic carbocycles. The van der Waals surface area contributed by atoms with Gasteiger partial charge in [0.25, 0.3) is 0 Å². The molecule has 0 spiro atoms. The van der Waals surface area contributed by atoms with Crippen LogP contribution in [-0.2, 0) is 22.6 Å². The molecule has 29 heavy (non-hydrogen) atoms. The normalized spacial score (nSPS) is 14.3. The Morgan fingerprint density at radius 3 is 2.45 bits per heavy atom. The molecule has 1 fully saturated rings. The van der Waals surface area contributed by atoms with E-state index < -0.39 is 17.8 Å². The number of carbonyl (C=O) groups excluding carboxylic acids is 3. The zero-order valence-corrected chi connectivity index (χ0v) is 17.4. The quantitative estimate of drug-likeness (QED) is 0.460. The SMILES string of the molecule is COc1ccc(CN(C)CN2C(=O)C(=O)N(CCc3cccs3)C2=O)c(OC)c1. The summed E-state index contributed by atoms with van der Waals surface area (Å²) < 4.78 is 10.6. The Hall–Kier alpha value is -2.91. The van der Waals surface area contributed by atoms with E-state index in [0.29, 0.717) is 24.5 Å². The first-order valence-electron chi connectivity index (χ1n) is 9.03. The number of thiophene rings is 1. The number of nitrogens with zero attached hydrogens (tertiary/aromatic N) is 3. The Morgan fingerprint density at radius 2 is 1.79 bits per heavy atom. The summed E-state index contributed by atoms with van der Waals surface area (Å²) in [6, 6.07) is 8.71. The van der Waals surface area contributed by atoms with Gasteiger partial charge in [-0.2, -0.15) is 0 Å². The Balaban J connectivity index is 1.64. The number of ether oxygens (including phenoxy) is 2. The number of benzene rings is 1. The van der Waals surface area contributed by atoms with Crippen LogP contribution in [0.3, 0.4) is 0 Å². The van der Waals surface area contributed by atoms with Crippen molar-refractivity contribution < 1.29 is 23.9 Å². The zero-order chi connectivity index (χ0) is 21.0. The van der Waals surface area contributed by atoms with E-state index in [1.165, 1.54) is 0 Å². The third-order valence-electron chi connectivity index (χ3n) is 4.61. The highest BCUT2D eigenvalue weighted by molar-refractivity contribution is 7.09. The minimum absolute atomic E-state index is 0.00803. The highest BCUT2D eigenvalue weighted by Crippen LogP contribution is 2.26. The van der Waals surface area contributed by atoms with Crippen LogP contribution in [0.4, 0.5) is 4.79 Å². The van der Waals surface area contributed by atoms with E-state index in [9.17, 15) is 14.4 Å². The first-order valence-corrected chi connectivity index (χ1v) is 9.91. The predicted octanol–water partition coefficient (Wildman–Crippen LogP) is 2.19. The van der Waals surface area contributed by atoms with Crippen molar-refractivity contribution in [2.75, 3.05) is 34.5 Å². The molecule has 0 saturated carbocycles. The van der Waals surface area contributed by atoms with Crippen molar-refractivity contribution in [2.24, 2.45) is 0 Å². The maximum absolute atomic E-state index is 12.6. The fraction of sp³-hybridized carbons (Fsp3) is 0.350. The molecule has 1 aliphatic heterocycles. The summed E-state index contributed by atoms with van der Waals surface area (Å²) in [5.74, 6) is -0.259. The molecule has 0 unspecified atom stereocenters. The Morgan fingerprint density at radius 1 is 1.03 bits per heavy atom. The van der Waals surface area contributed by atoms with E-state index >= 15 is 0 Å². The van der Waals surface area contributed by atoms with Gasteiger partial charge < -0.3 is 9.47 Å². The van der Waals surface area contributed by atoms with Gasteiger partial charge in [0.1, 0.15) is 11.5 Å². The molecule has 1 aliphatic rings. The van der Waals surface area contributed by atoms with Gasteiger partial charge in [0, 0.05) is 36.0 Å². The van der Waals surface area contributed by atoms with Gasteiger partial charge in [0.15, 0.2) is 0 Å². The van der Waals surface area contributed by atoms with E-state index in [-0.39, 0.29) is 13.2 Å². The van der Waals surface area contributed by atoms with Gasteiger partial charge >= 0.3 is 17.8 Å². The van der Waals surface area contributed by atoms with Gasteiger partial charge in [0.2, 0.25) is 0 Å². The second-order valence-corrected chi connectivity index (χ2v) is 7.67. The van der Waals surface area contributed by atoms with Crippen molar-refractivity contribution in [3.63, 3.8) is 0 Å². The number of imide groups is 2. The maximum atomic E-state index is 12.6. The summed E-state index contributed by atoms with van der Waals surface area (Å²) in [6.07, 6.45) is 0.537. The molecule has 1 aromatic heterocycles. The summed E-state index contributed by atoms with van der Waals surface area (Å²) in [6.45, 7) is 0.623. The topological polar surface area (TPSA) is 79.4 Å². The van der Waals surface area contributed by atoms with Crippen LogP contribution >= 0.6 is 11.3 Å². The standard InChI is InChI=1S/C20H23N3O5S/c1-21(12-14-6-7-15(27-2)11-17(14)28-3)13-23-19(25)18(24)22(20(23)26)9-8-16-5-4-10-29-16/h4-7,10-11H,8-9,12-13H2,1-3H3. The number of methoxy groups -OCH3 is 2. The van der Waals surface area contributed by atoms with Gasteiger partial charge in [-0.25, -0.2) is 9.69 Å². The van der Waals surface area contributed by atoms with Crippen molar-refractivity contribution in [2.45, 2.75) is 13.0 Å². The van der Waals surface area contributed by atoms with Crippen LogP contribution in [0.25, 0.3) is 0 Å². The summed E-state index contributed by atoms with van der Waals surface area (Å²) in [5, 5.41) is 1.93. The third kappa shape index (κ3) is 4.57. The Kier molecular flexibility index (Phi) is 6.50. The Labute approximate surface area is 173 Å². The van der Waals surface area contributed by atoms with E-state index in [0.717, 1.165) is 20.2 Å². The highest BCUT2D eigenvalue weighted by atomic mass is 32.1. The van der Waals surface area contributed by atoms with Gasteiger partial charge in [0.05, 0.1) is 20.9 Å². The molecular weight excluding hydrogens is 394 g/mol. The minimum atomic E-state index is -0.797. The molecule has 2 heterocycles. The number of carbonyl (C=O) groups is 3. The van der Waals surface area contributed by atoms with Gasteiger partial charge in [-0.3, -0.25) is 19.4 Å². The second kappa shape index (κ2) is 9.06. The molecule has 4 amide bonds. The molecule has 9 heteroatoms. The van der Waals surface area contributed by atoms with Gasteiger partial charge in [-0.15, -0.1) is 11.3 Å². The summed E-state index contributed by atoms with van der Waals surface area (Å²) in [4.78, 5) is 42.0. The van der Waals surface area contributed by atoms with E-state index in [4.69, 9.17) is 9.47 Å². The lowest BCUT2D eigenvalue weighted by atomic mass is 10.2. The average molecular weight is 417 g/mol. The van der Waals surface area contributed by atoms with Crippen molar-refractivity contribution >= 4 is 29.2 Å². The lowest BCUT2D eigenvalue weighted by molar-refractivity contribution is -0.143. The maximum Gasteiger partial charge on any atom is 0.335 e. The van der Waals surface area contributed by atoms with Crippen molar-refractivity contribution in [3.05, 3.63) is 46.2 Å². The molecule has 0 aliphatic carbocycles. The molecule has 8 nitrogen and oxygen atoms in total. The lowest BCUT2D eigenvalue weighted by Gasteiger charge is -2.23. The summed E-state index contributed by atoms with van der Waals surface area (Å²) in [5.41, 5.74) is 0.871. The minimum Gasteiger partial charge on any atom is -0.497 e. The number of amides is 4. The van der Waals surface area contributed by atoms with Crippen LogP contribution in [0, 0.1) is 0 Å². The first-order chi connectivity index (χ1) is 13.9. The average Bonchev–Trinajstić information content (AvgIpc) is 3.30. The van der Waals surface area contributed by atoms with E-state index in [1.54, 1.807) is 43.6 Å². The number of hydrogen-bond donors (Lipinski definition) is 0. The van der Waals surface area contributed by atoms with Gasteiger partial charge in [-0.1, -0.05) is 12.1 Å². The number of rotatable bonds is 9. The summed E-state index contributed by atoms with van der Waals surface area (Å²) >= 11 is 1.55. The fourth-order valence-corrected chi connectivity index (χ4v) is 3.81. The van der Waals surface area contributed by atoms with Crippen LogP contribution in [0.5, 0.6) is 11.5 Å². The third-order valence-corrected chi connectivity index (χ3v) is 5.55. The predicted molar refractivity (Wildman–Crippen MR) is 108 cm³/mol. The zero-order valence-electron chi connectivity index (χ0n) is 16.6. The molecule has 2 aromatic rings. The van der Waals surface area contributed by atoms with Crippen LogP contribution in [-0.4, -0.2) is 67.0 Å². The number of urea groups is 1. The summed E-state index contributed by atoms with van der Waals surface area (Å²) in [7, 11) is 4.91. The van der Waals surface area contributed by atoms with Crippen molar-refractivity contribution in [1.29, 1.82) is 0 Å². The first kappa shape index (κ1) is 20.8. The molecule has 0 bridgehead atoms. The highest BCUT2D eigenvalue weighted by Gasteiger charge is 2.44. The van der Waals surface area contributed by atoms with Crippen molar-refractivity contribution in [1.82, 2.24) is 14.7 Å². The second-order valence-electron chi connectivity index (χ2n) is 6.64. The number of hydrogen-bond acceptors (Lipinski definition) is 7. The molecule has 154 valence electrons. The lowest BCUT2D eigenvalue weighted by Crippen LogP contribution is -2.40. The van der Waals surface area contributed by atoms with Crippen LogP contribution in [0.15, 0.2) is 35.7 Å². The van der Waals surface area contributed by atoms with Gasteiger partial charge in [-0.05, 0) is 24.6 Å². The monoisotopic (exact) mass is 417 g/mol. The largest absolute Gasteiger partial charge is 0.497 e.